The lowest BCUT2D eigenvalue weighted by Crippen LogP contribution is -2.35. The Balaban J connectivity index is 1.65. The normalized spacial score (nSPS) is 26.3. The molecule has 4 rings (SSSR count). The molecule has 144 valence electrons. The van der Waals surface area contributed by atoms with Gasteiger partial charge in [-0.15, -0.1) is 0 Å². The fourth-order valence-electron chi connectivity index (χ4n) is 5.50. The first-order valence-electron chi connectivity index (χ1n) is 9.87. The van der Waals surface area contributed by atoms with E-state index in [1.54, 1.807) is 6.33 Å². The zero-order valence-electron chi connectivity index (χ0n) is 17.1. The van der Waals surface area contributed by atoms with Crippen molar-refractivity contribution in [2.75, 3.05) is 22.5 Å². The second-order valence-corrected chi connectivity index (χ2v) is 9.74. The maximum atomic E-state index is 6.56. The topological polar surface area (TPSA) is 67.1 Å². The Bertz CT molecular complexity index is 875. The number of nitrogens with two attached hydrogens (primary N) is 1. The first kappa shape index (κ1) is 18.1. The van der Waals surface area contributed by atoms with Crippen LogP contribution < -0.4 is 16.0 Å². The number of nitrogens with zero attached hydrogens (tertiary/aromatic N) is 3. The summed E-state index contributed by atoms with van der Waals surface area (Å²) >= 11 is 0. The van der Waals surface area contributed by atoms with E-state index in [4.69, 9.17) is 5.73 Å². The van der Waals surface area contributed by atoms with E-state index >= 15 is 0 Å². The van der Waals surface area contributed by atoms with Crippen LogP contribution in [0.4, 0.5) is 23.0 Å². The van der Waals surface area contributed by atoms with Crippen molar-refractivity contribution in [3.05, 3.63) is 35.7 Å². The van der Waals surface area contributed by atoms with Crippen molar-refractivity contribution in [2.45, 2.75) is 59.9 Å². The number of hydrogen-bond acceptors (Lipinski definition) is 5. The number of fused-ring (bicyclic) bond motifs is 2. The number of benzene rings is 1. The highest BCUT2D eigenvalue weighted by molar-refractivity contribution is 5.79. The van der Waals surface area contributed by atoms with E-state index in [-0.39, 0.29) is 0 Å². The molecule has 2 aliphatic rings. The summed E-state index contributed by atoms with van der Waals surface area (Å²) in [5.74, 6) is 1.57. The van der Waals surface area contributed by atoms with Crippen molar-refractivity contribution in [3.63, 3.8) is 0 Å². The van der Waals surface area contributed by atoms with Crippen LogP contribution in [0.25, 0.3) is 0 Å². The van der Waals surface area contributed by atoms with Crippen LogP contribution in [0.3, 0.4) is 0 Å². The van der Waals surface area contributed by atoms with Gasteiger partial charge < -0.3 is 16.0 Å². The molecule has 1 aromatic heterocycles. The van der Waals surface area contributed by atoms with Gasteiger partial charge in [-0.1, -0.05) is 38.5 Å². The van der Waals surface area contributed by atoms with Gasteiger partial charge in [0, 0.05) is 18.3 Å². The van der Waals surface area contributed by atoms with Crippen molar-refractivity contribution in [2.24, 2.45) is 10.8 Å². The number of anilines is 4. The maximum Gasteiger partial charge on any atom is 0.159 e. The summed E-state index contributed by atoms with van der Waals surface area (Å²) in [7, 11) is 0. The van der Waals surface area contributed by atoms with E-state index in [9.17, 15) is 0 Å². The highest BCUT2D eigenvalue weighted by Crippen LogP contribution is 2.54. The van der Waals surface area contributed by atoms with Gasteiger partial charge in [0.1, 0.15) is 12.0 Å². The molecular weight excluding hydrogens is 334 g/mol. The Morgan fingerprint density at radius 1 is 1.15 bits per heavy atom. The molecule has 2 bridgehead atoms. The molecule has 1 aliphatic carbocycles. The van der Waals surface area contributed by atoms with E-state index < -0.39 is 0 Å². The van der Waals surface area contributed by atoms with E-state index in [1.807, 2.05) is 0 Å². The van der Waals surface area contributed by atoms with Gasteiger partial charge in [-0.25, -0.2) is 9.97 Å². The summed E-state index contributed by atoms with van der Waals surface area (Å²) in [6, 6.07) is 6.84. The number of nitrogen functional groups attached to an aromatic ring is 1. The van der Waals surface area contributed by atoms with Gasteiger partial charge in [-0.2, -0.15) is 0 Å². The zero-order valence-corrected chi connectivity index (χ0v) is 17.1. The van der Waals surface area contributed by atoms with Crippen molar-refractivity contribution < 1.29 is 0 Å². The van der Waals surface area contributed by atoms with Crippen molar-refractivity contribution in [1.82, 2.24) is 9.97 Å². The Morgan fingerprint density at radius 2 is 1.93 bits per heavy atom. The highest BCUT2D eigenvalue weighted by Gasteiger charge is 2.50. The third kappa shape index (κ3) is 3.35. The van der Waals surface area contributed by atoms with Gasteiger partial charge >= 0.3 is 0 Å². The fourth-order valence-corrected chi connectivity index (χ4v) is 5.50. The summed E-state index contributed by atoms with van der Waals surface area (Å²) < 4.78 is 0. The van der Waals surface area contributed by atoms with Gasteiger partial charge in [0.25, 0.3) is 0 Å². The van der Waals surface area contributed by atoms with Crippen molar-refractivity contribution in [1.29, 1.82) is 0 Å². The van der Waals surface area contributed by atoms with Gasteiger partial charge in [0.2, 0.25) is 0 Å². The number of aromatic nitrogens is 2. The van der Waals surface area contributed by atoms with E-state index in [0.29, 0.717) is 28.4 Å². The average Bonchev–Trinajstić information content (AvgIpc) is 2.80. The molecule has 0 radical (unpaired) electrons. The smallest absolute Gasteiger partial charge is 0.159 e. The molecule has 1 aliphatic heterocycles. The highest BCUT2D eigenvalue weighted by atomic mass is 15.3. The second-order valence-electron chi connectivity index (χ2n) is 9.74. The molecule has 1 aromatic carbocycles. The molecule has 3 N–H and O–H groups in total. The molecule has 2 heterocycles. The fraction of sp³-hybridized carbons (Fsp3) is 0.545. The monoisotopic (exact) mass is 365 g/mol. The molecule has 2 fully saturated rings. The summed E-state index contributed by atoms with van der Waals surface area (Å²) in [6.45, 7) is 12.4. The molecule has 5 nitrogen and oxygen atoms in total. The Hall–Kier alpha value is -2.30. The third-order valence-electron chi connectivity index (χ3n) is 6.18. The molecule has 2 aromatic rings. The van der Waals surface area contributed by atoms with Crippen LogP contribution in [0.2, 0.25) is 0 Å². The van der Waals surface area contributed by atoms with Crippen LogP contribution in [0.15, 0.2) is 24.5 Å². The lowest BCUT2D eigenvalue weighted by Gasteiger charge is -2.39. The quantitative estimate of drug-likeness (QED) is 0.816. The second kappa shape index (κ2) is 6.11. The summed E-state index contributed by atoms with van der Waals surface area (Å²) in [4.78, 5) is 11.4. The lowest BCUT2D eigenvalue weighted by atomic mass is 9.65. The number of nitrogens with one attached hydrogen (secondary N) is 1. The minimum Gasteiger partial charge on any atom is -0.393 e. The number of aryl methyl sites for hydroxylation is 2. The minimum absolute atomic E-state index is 0.338. The molecule has 1 saturated carbocycles. The van der Waals surface area contributed by atoms with Crippen LogP contribution in [0.5, 0.6) is 0 Å². The van der Waals surface area contributed by atoms with Crippen molar-refractivity contribution >= 4 is 23.0 Å². The van der Waals surface area contributed by atoms with Gasteiger partial charge in [-0.05, 0) is 55.6 Å². The Labute approximate surface area is 162 Å². The van der Waals surface area contributed by atoms with Crippen LogP contribution in [0.1, 0.15) is 51.2 Å². The Morgan fingerprint density at radius 3 is 2.67 bits per heavy atom. The molecular formula is C22H31N5. The first-order chi connectivity index (χ1) is 12.7. The van der Waals surface area contributed by atoms with Crippen molar-refractivity contribution in [3.8, 4) is 0 Å². The van der Waals surface area contributed by atoms with E-state index in [1.165, 1.54) is 30.4 Å². The Kier molecular flexibility index (Phi) is 4.09. The van der Waals surface area contributed by atoms with Crippen LogP contribution in [-0.2, 0) is 0 Å². The zero-order chi connectivity index (χ0) is 19.4. The van der Waals surface area contributed by atoms with Gasteiger partial charge in [-0.3, -0.25) is 0 Å². The first-order valence-corrected chi connectivity index (χ1v) is 9.87. The molecule has 5 heteroatoms. The largest absolute Gasteiger partial charge is 0.393 e. The standard InChI is InChI=1S/C22H31N5/c1-14-6-7-17(15(2)8-14)26-19-18(23)20(25-13-24-19)27-12-22(5)10-16(27)9-21(3,4)11-22/h6-8,13,16H,9-12,23H2,1-5H3,(H,24,25,26). The molecule has 0 amide bonds. The molecule has 0 spiro atoms. The lowest BCUT2D eigenvalue weighted by molar-refractivity contribution is 0.136. The average molecular weight is 366 g/mol. The summed E-state index contributed by atoms with van der Waals surface area (Å²) in [5, 5.41) is 3.41. The molecule has 2 unspecified atom stereocenters. The summed E-state index contributed by atoms with van der Waals surface area (Å²) in [5.41, 5.74) is 11.4. The summed E-state index contributed by atoms with van der Waals surface area (Å²) in [6.07, 6.45) is 5.30. The predicted molar refractivity (Wildman–Crippen MR) is 113 cm³/mol. The predicted octanol–water partition coefficient (Wildman–Crippen LogP) is 4.82. The SMILES string of the molecule is Cc1ccc(Nc2ncnc(N3CC4(C)CC3CC(C)(C)C4)c2N)c(C)c1. The molecule has 2 atom stereocenters. The third-order valence-corrected chi connectivity index (χ3v) is 6.18. The van der Waals surface area contributed by atoms with Crippen LogP contribution in [0, 0.1) is 24.7 Å². The minimum atomic E-state index is 0.338. The van der Waals surface area contributed by atoms with Gasteiger partial charge in [0.05, 0.1) is 0 Å². The number of hydrogen-bond donors (Lipinski definition) is 2. The van der Waals surface area contributed by atoms with Crippen LogP contribution in [-0.4, -0.2) is 22.6 Å². The van der Waals surface area contributed by atoms with Gasteiger partial charge in [0.15, 0.2) is 11.6 Å². The van der Waals surface area contributed by atoms with Crippen LogP contribution >= 0.6 is 0 Å². The molecule has 27 heavy (non-hydrogen) atoms. The molecule has 1 saturated heterocycles. The van der Waals surface area contributed by atoms with E-state index in [2.05, 4.69) is 73.0 Å². The van der Waals surface area contributed by atoms with E-state index in [0.717, 1.165) is 18.1 Å². The number of rotatable bonds is 3. The maximum absolute atomic E-state index is 6.56.